The summed E-state index contributed by atoms with van der Waals surface area (Å²) in [6.07, 6.45) is -0.885. The standard InChI is InChI=1S/C9H18O4/c1-6-4-13-7(5-11-2)9(12-3)8(6)10/h6-10H,4-5H2,1-3H3/t6-,7-,8?,9?/m1/s1. The highest BCUT2D eigenvalue weighted by Crippen LogP contribution is 2.22. The molecule has 0 spiro atoms. The Morgan fingerprint density at radius 3 is 2.69 bits per heavy atom. The Balaban J connectivity index is 2.55. The highest BCUT2D eigenvalue weighted by atomic mass is 16.6. The number of aliphatic hydroxyl groups excluding tert-OH is 1. The monoisotopic (exact) mass is 190 g/mol. The van der Waals surface area contributed by atoms with Crippen LogP contribution >= 0.6 is 0 Å². The zero-order chi connectivity index (χ0) is 9.84. The summed E-state index contributed by atoms with van der Waals surface area (Å²) in [5.41, 5.74) is 0. The van der Waals surface area contributed by atoms with E-state index in [1.165, 1.54) is 0 Å². The minimum absolute atomic E-state index is 0.123. The third-order valence-electron chi connectivity index (χ3n) is 2.46. The van der Waals surface area contributed by atoms with Gasteiger partial charge in [-0.15, -0.1) is 0 Å². The van der Waals surface area contributed by atoms with Crippen LogP contribution in [0.1, 0.15) is 6.92 Å². The van der Waals surface area contributed by atoms with Gasteiger partial charge in [0.2, 0.25) is 0 Å². The maximum atomic E-state index is 9.77. The molecule has 4 nitrogen and oxygen atoms in total. The largest absolute Gasteiger partial charge is 0.390 e. The van der Waals surface area contributed by atoms with E-state index < -0.39 is 6.10 Å². The Labute approximate surface area is 78.8 Å². The summed E-state index contributed by atoms with van der Waals surface area (Å²) in [5.74, 6) is 0.123. The van der Waals surface area contributed by atoms with Gasteiger partial charge in [0.25, 0.3) is 0 Å². The predicted molar refractivity (Wildman–Crippen MR) is 47.6 cm³/mol. The molecule has 0 aromatic rings. The van der Waals surface area contributed by atoms with Crippen molar-refractivity contribution in [1.29, 1.82) is 0 Å². The predicted octanol–water partition coefficient (Wildman–Crippen LogP) is 0.0436. The van der Waals surface area contributed by atoms with Crippen molar-refractivity contribution in [2.75, 3.05) is 27.4 Å². The first-order valence-corrected chi connectivity index (χ1v) is 4.52. The number of methoxy groups -OCH3 is 2. The molecule has 1 rings (SSSR count). The third kappa shape index (κ3) is 2.40. The second kappa shape index (κ2) is 4.91. The lowest BCUT2D eigenvalue weighted by molar-refractivity contribution is -0.184. The molecule has 1 fully saturated rings. The number of rotatable bonds is 3. The molecule has 0 aromatic heterocycles. The van der Waals surface area contributed by atoms with Crippen LogP contribution < -0.4 is 0 Å². The number of aliphatic hydroxyl groups is 1. The Bertz CT molecular complexity index is 151. The zero-order valence-electron chi connectivity index (χ0n) is 8.40. The van der Waals surface area contributed by atoms with E-state index in [0.29, 0.717) is 13.2 Å². The Hall–Kier alpha value is -0.160. The van der Waals surface area contributed by atoms with Crippen molar-refractivity contribution >= 4 is 0 Å². The van der Waals surface area contributed by atoms with E-state index in [9.17, 15) is 5.11 Å². The second-order valence-corrected chi connectivity index (χ2v) is 3.50. The Morgan fingerprint density at radius 1 is 1.46 bits per heavy atom. The molecule has 4 atom stereocenters. The van der Waals surface area contributed by atoms with Crippen molar-refractivity contribution in [1.82, 2.24) is 0 Å². The van der Waals surface area contributed by atoms with Gasteiger partial charge in [0.1, 0.15) is 12.2 Å². The fourth-order valence-corrected chi connectivity index (χ4v) is 1.61. The number of ether oxygens (including phenoxy) is 3. The average molecular weight is 190 g/mol. The van der Waals surface area contributed by atoms with Crippen LogP contribution in [-0.2, 0) is 14.2 Å². The summed E-state index contributed by atoms with van der Waals surface area (Å²) in [6, 6.07) is 0. The topological polar surface area (TPSA) is 47.9 Å². The fraction of sp³-hybridized carbons (Fsp3) is 1.00. The van der Waals surface area contributed by atoms with Crippen LogP contribution in [-0.4, -0.2) is 50.9 Å². The summed E-state index contributed by atoms with van der Waals surface area (Å²) in [4.78, 5) is 0. The first-order chi connectivity index (χ1) is 6.20. The van der Waals surface area contributed by atoms with Gasteiger partial charge in [-0.3, -0.25) is 0 Å². The maximum Gasteiger partial charge on any atom is 0.112 e. The molecular weight excluding hydrogens is 172 g/mol. The van der Waals surface area contributed by atoms with Gasteiger partial charge in [0.05, 0.1) is 19.3 Å². The molecule has 0 saturated carbocycles. The van der Waals surface area contributed by atoms with Crippen molar-refractivity contribution in [3.8, 4) is 0 Å². The molecule has 0 aromatic carbocycles. The average Bonchev–Trinajstić information content (AvgIpc) is 2.12. The van der Waals surface area contributed by atoms with E-state index in [4.69, 9.17) is 14.2 Å². The molecule has 1 aliphatic rings. The third-order valence-corrected chi connectivity index (χ3v) is 2.46. The van der Waals surface area contributed by atoms with Gasteiger partial charge in [-0.1, -0.05) is 6.92 Å². The van der Waals surface area contributed by atoms with E-state index in [0.717, 1.165) is 0 Å². The van der Waals surface area contributed by atoms with E-state index in [1.807, 2.05) is 6.92 Å². The molecule has 2 unspecified atom stereocenters. The summed E-state index contributed by atoms with van der Waals surface area (Å²) in [5, 5.41) is 9.77. The molecule has 0 amide bonds. The molecule has 0 radical (unpaired) electrons. The minimum atomic E-state index is -0.459. The molecule has 1 N–H and O–H groups in total. The molecule has 13 heavy (non-hydrogen) atoms. The van der Waals surface area contributed by atoms with Gasteiger partial charge >= 0.3 is 0 Å². The van der Waals surface area contributed by atoms with Crippen molar-refractivity contribution < 1.29 is 19.3 Å². The second-order valence-electron chi connectivity index (χ2n) is 3.50. The molecule has 1 saturated heterocycles. The lowest BCUT2D eigenvalue weighted by Crippen LogP contribution is -2.51. The first kappa shape index (κ1) is 10.9. The van der Waals surface area contributed by atoms with Crippen LogP contribution in [0.25, 0.3) is 0 Å². The fourth-order valence-electron chi connectivity index (χ4n) is 1.61. The number of hydrogen-bond donors (Lipinski definition) is 1. The Kier molecular flexibility index (Phi) is 4.12. The SMILES string of the molecule is COC[C@H]1OC[C@@H](C)C(O)C1OC. The molecular formula is C9H18O4. The highest BCUT2D eigenvalue weighted by Gasteiger charge is 2.37. The summed E-state index contributed by atoms with van der Waals surface area (Å²) in [6.45, 7) is 2.97. The molecule has 0 bridgehead atoms. The normalized spacial score (nSPS) is 40.6. The minimum Gasteiger partial charge on any atom is -0.390 e. The van der Waals surface area contributed by atoms with Crippen molar-refractivity contribution in [3.05, 3.63) is 0 Å². The highest BCUT2D eigenvalue weighted by molar-refractivity contribution is 4.85. The summed E-state index contributed by atoms with van der Waals surface area (Å²) >= 11 is 0. The van der Waals surface area contributed by atoms with Crippen LogP contribution in [0, 0.1) is 5.92 Å². The van der Waals surface area contributed by atoms with Crippen molar-refractivity contribution in [3.63, 3.8) is 0 Å². The van der Waals surface area contributed by atoms with Gasteiger partial charge in [0.15, 0.2) is 0 Å². The quantitative estimate of drug-likeness (QED) is 0.683. The molecule has 78 valence electrons. The van der Waals surface area contributed by atoms with Gasteiger partial charge in [0, 0.05) is 20.1 Å². The smallest absolute Gasteiger partial charge is 0.112 e. The van der Waals surface area contributed by atoms with Gasteiger partial charge in [-0.05, 0) is 0 Å². The van der Waals surface area contributed by atoms with Crippen LogP contribution in [0.4, 0.5) is 0 Å². The maximum absolute atomic E-state index is 9.77. The Morgan fingerprint density at radius 2 is 2.15 bits per heavy atom. The molecule has 1 aliphatic heterocycles. The van der Waals surface area contributed by atoms with E-state index in [-0.39, 0.29) is 18.1 Å². The van der Waals surface area contributed by atoms with Crippen LogP contribution in [0.3, 0.4) is 0 Å². The van der Waals surface area contributed by atoms with Crippen molar-refractivity contribution in [2.45, 2.75) is 25.2 Å². The lowest BCUT2D eigenvalue weighted by atomic mass is 9.94. The van der Waals surface area contributed by atoms with Crippen LogP contribution in [0.15, 0.2) is 0 Å². The summed E-state index contributed by atoms with van der Waals surface area (Å²) in [7, 11) is 3.19. The number of hydrogen-bond acceptors (Lipinski definition) is 4. The van der Waals surface area contributed by atoms with E-state index in [1.54, 1.807) is 14.2 Å². The summed E-state index contributed by atoms with van der Waals surface area (Å²) < 4.78 is 15.7. The van der Waals surface area contributed by atoms with Gasteiger partial charge < -0.3 is 19.3 Å². The molecule has 1 heterocycles. The van der Waals surface area contributed by atoms with Crippen LogP contribution in [0.2, 0.25) is 0 Å². The van der Waals surface area contributed by atoms with Crippen LogP contribution in [0.5, 0.6) is 0 Å². The molecule has 4 heteroatoms. The van der Waals surface area contributed by atoms with Gasteiger partial charge in [-0.2, -0.15) is 0 Å². The first-order valence-electron chi connectivity index (χ1n) is 4.52. The molecule has 0 aliphatic carbocycles. The van der Waals surface area contributed by atoms with E-state index >= 15 is 0 Å². The zero-order valence-corrected chi connectivity index (χ0v) is 8.40. The lowest BCUT2D eigenvalue weighted by Gasteiger charge is -2.37. The van der Waals surface area contributed by atoms with Gasteiger partial charge in [-0.25, -0.2) is 0 Å². The van der Waals surface area contributed by atoms with E-state index in [2.05, 4.69) is 0 Å². The van der Waals surface area contributed by atoms with Crippen molar-refractivity contribution in [2.24, 2.45) is 5.92 Å².